The van der Waals surface area contributed by atoms with Crippen molar-refractivity contribution in [1.29, 1.82) is 5.26 Å². The van der Waals surface area contributed by atoms with E-state index in [-0.39, 0.29) is 5.91 Å². The highest BCUT2D eigenvalue weighted by molar-refractivity contribution is 5.95. The molecular formula is C14H18N2O. The molecule has 1 aromatic rings. The second-order valence-corrected chi connectivity index (χ2v) is 4.60. The Labute approximate surface area is 102 Å². The van der Waals surface area contributed by atoms with Crippen LogP contribution >= 0.6 is 0 Å². The molecule has 1 unspecified atom stereocenters. The lowest BCUT2D eigenvalue weighted by molar-refractivity contribution is 0.0941. The number of nitriles is 1. The molecule has 17 heavy (non-hydrogen) atoms. The van der Waals surface area contributed by atoms with Crippen molar-refractivity contribution < 1.29 is 4.79 Å². The van der Waals surface area contributed by atoms with Gasteiger partial charge in [-0.3, -0.25) is 4.79 Å². The first-order valence-electron chi connectivity index (χ1n) is 5.80. The Morgan fingerprint density at radius 2 is 2.06 bits per heavy atom. The highest BCUT2D eigenvalue weighted by Crippen LogP contribution is 2.09. The third-order valence-electron chi connectivity index (χ3n) is 2.56. The number of aryl methyl sites for hydroxylation is 1. The van der Waals surface area contributed by atoms with E-state index in [1.165, 1.54) is 0 Å². The number of hydrogen-bond acceptors (Lipinski definition) is 2. The van der Waals surface area contributed by atoms with Crippen LogP contribution in [0.5, 0.6) is 0 Å². The van der Waals surface area contributed by atoms with E-state index < -0.39 is 6.04 Å². The lowest BCUT2D eigenvalue weighted by Gasteiger charge is -2.14. The van der Waals surface area contributed by atoms with Crippen molar-refractivity contribution in [3.8, 4) is 6.07 Å². The molecule has 0 aliphatic heterocycles. The third-order valence-corrected chi connectivity index (χ3v) is 2.56. The maximum Gasteiger partial charge on any atom is 0.252 e. The maximum absolute atomic E-state index is 12.0. The Hall–Kier alpha value is -1.82. The van der Waals surface area contributed by atoms with Gasteiger partial charge in [-0.25, -0.2) is 0 Å². The molecule has 0 radical (unpaired) electrons. The fourth-order valence-electron chi connectivity index (χ4n) is 1.68. The van der Waals surface area contributed by atoms with Gasteiger partial charge in [0.05, 0.1) is 6.07 Å². The largest absolute Gasteiger partial charge is 0.336 e. The van der Waals surface area contributed by atoms with Gasteiger partial charge in [0.2, 0.25) is 0 Å². The molecule has 0 aliphatic carbocycles. The van der Waals surface area contributed by atoms with Crippen molar-refractivity contribution in [3.05, 3.63) is 35.4 Å². The van der Waals surface area contributed by atoms with E-state index in [4.69, 9.17) is 5.26 Å². The smallest absolute Gasteiger partial charge is 0.252 e. The first kappa shape index (κ1) is 13.2. The first-order chi connectivity index (χ1) is 8.04. The molecule has 0 aliphatic rings. The summed E-state index contributed by atoms with van der Waals surface area (Å²) in [5, 5.41) is 11.7. The number of nitrogens with one attached hydrogen (secondary N) is 1. The highest BCUT2D eigenvalue weighted by Gasteiger charge is 2.15. The zero-order valence-corrected chi connectivity index (χ0v) is 10.5. The summed E-state index contributed by atoms with van der Waals surface area (Å²) in [7, 11) is 0. The third kappa shape index (κ3) is 3.92. The van der Waals surface area contributed by atoms with Crippen molar-refractivity contribution >= 4 is 5.91 Å². The molecule has 3 nitrogen and oxygen atoms in total. The minimum atomic E-state index is -0.415. The van der Waals surface area contributed by atoms with E-state index in [1.54, 1.807) is 6.07 Å². The van der Waals surface area contributed by atoms with E-state index >= 15 is 0 Å². The van der Waals surface area contributed by atoms with Crippen LogP contribution < -0.4 is 5.32 Å². The minimum absolute atomic E-state index is 0.171. The summed E-state index contributed by atoms with van der Waals surface area (Å²) in [6, 6.07) is 9.08. The Balaban J connectivity index is 2.72. The monoisotopic (exact) mass is 230 g/mol. The molecule has 0 saturated carbocycles. The summed E-state index contributed by atoms with van der Waals surface area (Å²) < 4.78 is 0. The van der Waals surface area contributed by atoms with E-state index in [2.05, 4.69) is 11.4 Å². The Morgan fingerprint density at radius 1 is 1.41 bits per heavy atom. The standard InChI is InChI=1S/C14H18N2O/c1-10(2)8-12(9-15)16-14(17)13-7-5-4-6-11(13)3/h4-7,10,12H,8H2,1-3H3,(H,16,17). The fraction of sp³-hybridized carbons (Fsp3) is 0.429. The summed E-state index contributed by atoms with van der Waals surface area (Å²) in [5.41, 5.74) is 1.56. The van der Waals surface area contributed by atoms with Crippen molar-refractivity contribution in [3.63, 3.8) is 0 Å². The summed E-state index contributed by atoms with van der Waals surface area (Å²) in [5.74, 6) is 0.215. The lowest BCUT2D eigenvalue weighted by Crippen LogP contribution is -2.35. The van der Waals surface area contributed by atoms with Crippen molar-refractivity contribution in [2.45, 2.75) is 33.2 Å². The molecule has 0 fully saturated rings. The van der Waals surface area contributed by atoms with Gasteiger partial charge in [0.25, 0.3) is 5.91 Å². The SMILES string of the molecule is Cc1ccccc1C(=O)NC(C#N)CC(C)C. The fourth-order valence-corrected chi connectivity index (χ4v) is 1.68. The number of carbonyl (C=O) groups is 1. The van der Waals surface area contributed by atoms with Crippen LogP contribution in [-0.2, 0) is 0 Å². The average Bonchev–Trinajstić information content (AvgIpc) is 2.27. The van der Waals surface area contributed by atoms with E-state index in [0.717, 1.165) is 5.56 Å². The van der Waals surface area contributed by atoms with E-state index in [0.29, 0.717) is 17.9 Å². The van der Waals surface area contributed by atoms with Gasteiger partial charge in [-0.05, 0) is 30.9 Å². The van der Waals surface area contributed by atoms with Crippen LogP contribution in [0.1, 0.15) is 36.2 Å². The Kier molecular flexibility index (Phi) is 4.71. The molecule has 0 bridgehead atoms. The molecule has 1 rings (SSSR count). The summed E-state index contributed by atoms with van der Waals surface area (Å²) in [6.45, 7) is 5.95. The predicted octanol–water partition coefficient (Wildman–Crippen LogP) is 2.66. The van der Waals surface area contributed by atoms with Crippen molar-refractivity contribution in [2.24, 2.45) is 5.92 Å². The summed E-state index contributed by atoms with van der Waals surface area (Å²) in [4.78, 5) is 12.0. The minimum Gasteiger partial charge on any atom is -0.336 e. The molecule has 1 atom stereocenters. The maximum atomic E-state index is 12.0. The molecule has 1 aromatic carbocycles. The van der Waals surface area contributed by atoms with Crippen LogP contribution in [0.4, 0.5) is 0 Å². The zero-order chi connectivity index (χ0) is 12.8. The Bertz CT molecular complexity index is 432. The van der Waals surface area contributed by atoms with Crippen LogP contribution in [-0.4, -0.2) is 11.9 Å². The van der Waals surface area contributed by atoms with Gasteiger partial charge in [-0.1, -0.05) is 32.0 Å². The molecule has 0 heterocycles. The topological polar surface area (TPSA) is 52.9 Å². The summed E-state index contributed by atoms with van der Waals surface area (Å²) in [6.07, 6.45) is 0.675. The lowest BCUT2D eigenvalue weighted by atomic mass is 10.0. The normalized spacial score (nSPS) is 11.9. The van der Waals surface area contributed by atoms with Gasteiger partial charge in [-0.2, -0.15) is 5.26 Å². The van der Waals surface area contributed by atoms with Gasteiger partial charge < -0.3 is 5.32 Å². The second-order valence-electron chi connectivity index (χ2n) is 4.60. The number of hydrogen-bond donors (Lipinski definition) is 1. The number of carbonyl (C=O) groups excluding carboxylic acids is 1. The number of benzene rings is 1. The molecule has 0 saturated heterocycles. The van der Waals surface area contributed by atoms with Crippen molar-refractivity contribution in [1.82, 2.24) is 5.32 Å². The molecule has 3 heteroatoms. The van der Waals surface area contributed by atoms with Gasteiger partial charge in [0.1, 0.15) is 6.04 Å². The first-order valence-corrected chi connectivity index (χ1v) is 5.80. The molecule has 0 aromatic heterocycles. The van der Waals surface area contributed by atoms with E-state index in [1.807, 2.05) is 39.0 Å². The van der Waals surface area contributed by atoms with Gasteiger partial charge in [0.15, 0.2) is 0 Å². The number of nitrogens with zero attached hydrogens (tertiary/aromatic N) is 1. The molecule has 0 spiro atoms. The van der Waals surface area contributed by atoms with Gasteiger partial charge in [0, 0.05) is 5.56 Å². The van der Waals surface area contributed by atoms with Crippen LogP contribution in [0, 0.1) is 24.2 Å². The van der Waals surface area contributed by atoms with Crippen molar-refractivity contribution in [2.75, 3.05) is 0 Å². The quantitative estimate of drug-likeness (QED) is 0.864. The van der Waals surface area contributed by atoms with Gasteiger partial charge in [-0.15, -0.1) is 0 Å². The number of rotatable bonds is 4. The van der Waals surface area contributed by atoms with Crippen LogP contribution in [0.3, 0.4) is 0 Å². The van der Waals surface area contributed by atoms with Crippen LogP contribution in [0.15, 0.2) is 24.3 Å². The molecule has 1 N–H and O–H groups in total. The summed E-state index contributed by atoms with van der Waals surface area (Å²) >= 11 is 0. The molecule has 1 amide bonds. The predicted molar refractivity (Wildman–Crippen MR) is 67.5 cm³/mol. The zero-order valence-electron chi connectivity index (χ0n) is 10.5. The number of amides is 1. The van der Waals surface area contributed by atoms with Crippen LogP contribution in [0.2, 0.25) is 0 Å². The Morgan fingerprint density at radius 3 is 2.59 bits per heavy atom. The van der Waals surface area contributed by atoms with E-state index in [9.17, 15) is 4.79 Å². The highest BCUT2D eigenvalue weighted by atomic mass is 16.1. The van der Waals surface area contributed by atoms with Gasteiger partial charge >= 0.3 is 0 Å². The molecular weight excluding hydrogens is 212 g/mol. The second kappa shape index (κ2) is 6.05. The molecule has 90 valence electrons. The average molecular weight is 230 g/mol. The van der Waals surface area contributed by atoms with Crippen LogP contribution in [0.25, 0.3) is 0 Å².